The van der Waals surface area contributed by atoms with Crippen LogP contribution in [0, 0.1) is 11.3 Å². The maximum atomic E-state index is 11.6. The molecule has 0 saturated heterocycles. The van der Waals surface area contributed by atoms with E-state index in [9.17, 15) is 4.79 Å². The molecule has 0 N–H and O–H groups in total. The molecule has 0 aromatic rings. The van der Waals surface area contributed by atoms with E-state index in [4.69, 9.17) is 0 Å². The molecule has 0 heterocycles. The number of carbonyl (C=O) groups is 1. The zero-order valence-electron chi connectivity index (χ0n) is 8.52. The first-order valence-corrected chi connectivity index (χ1v) is 5.12. The molecule has 1 unspecified atom stereocenters. The van der Waals surface area contributed by atoms with Crippen LogP contribution in [0.15, 0.2) is 0 Å². The maximum absolute atomic E-state index is 11.6. The minimum Gasteiger partial charge on any atom is -0.299 e. The molecule has 1 heteroatoms. The van der Waals surface area contributed by atoms with Gasteiger partial charge in [-0.2, -0.15) is 0 Å². The van der Waals surface area contributed by atoms with Gasteiger partial charge in [-0.3, -0.25) is 4.79 Å². The third-order valence-electron chi connectivity index (χ3n) is 2.99. The molecule has 1 saturated carbocycles. The summed E-state index contributed by atoms with van der Waals surface area (Å²) >= 11 is 0. The second kappa shape index (κ2) is 3.59. The molecule has 1 fully saturated rings. The highest BCUT2D eigenvalue weighted by Crippen LogP contribution is 2.47. The van der Waals surface area contributed by atoms with Gasteiger partial charge in [0, 0.05) is 11.8 Å². The molecule has 0 spiro atoms. The van der Waals surface area contributed by atoms with Crippen molar-refractivity contribution in [1.29, 1.82) is 0 Å². The van der Waals surface area contributed by atoms with Gasteiger partial charge in [-0.15, -0.1) is 0 Å². The Balaban J connectivity index is 2.26. The summed E-state index contributed by atoms with van der Waals surface area (Å²) in [5.74, 6) is 1.10. The lowest BCUT2D eigenvalue weighted by Gasteiger charge is -2.12. The molecule has 0 aromatic heterocycles. The minimum atomic E-state index is 0.0992. The zero-order chi connectivity index (χ0) is 9.19. The first-order valence-electron chi connectivity index (χ1n) is 5.12. The van der Waals surface area contributed by atoms with Gasteiger partial charge in [-0.1, -0.05) is 33.6 Å². The van der Waals surface area contributed by atoms with Gasteiger partial charge in [-0.05, 0) is 18.8 Å². The molecule has 1 aliphatic carbocycles. The fourth-order valence-electron chi connectivity index (χ4n) is 1.62. The Labute approximate surface area is 75.5 Å². The molecular formula is C11H20O. The van der Waals surface area contributed by atoms with Crippen LogP contribution in [0.4, 0.5) is 0 Å². The lowest BCUT2D eigenvalue weighted by molar-refractivity contribution is -0.124. The molecule has 70 valence electrons. The summed E-state index contributed by atoms with van der Waals surface area (Å²) in [5, 5.41) is 0. The van der Waals surface area contributed by atoms with E-state index in [0.717, 1.165) is 19.3 Å². The van der Waals surface area contributed by atoms with Crippen molar-refractivity contribution >= 4 is 5.78 Å². The quantitative estimate of drug-likeness (QED) is 0.616. The summed E-state index contributed by atoms with van der Waals surface area (Å²) in [4.78, 5) is 11.6. The van der Waals surface area contributed by atoms with Gasteiger partial charge in [0.1, 0.15) is 5.78 Å². The highest BCUT2D eigenvalue weighted by atomic mass is 16.1. The molecule has 1 aliphatic rings. The third kappa shape index (κ3) is 2.33. The molecular weight excluding hydrogens is 148 g/mol. The number of hydrogen-bond acceptors (Lipinski definition) is 1. The fraction of sp³-hybridized carbons (Fsp3) is 0.909. The van der Waals surface area contributed by atoms with E-state index in [-0.39, 0.29) is 5.41 Å². The van der Waals surface area contributed by atoms with Crippen molar-refractivity contribution in [2.45, 2.75) is 52.9 Å². The lowest BCUT2D eigenvalue weighted by Crippen LogP contribution is -2.14. The molecule has 0 aliphatic heterocycles. The highest BCUT2D eigenvalue weighted by molar-refractivity contribution is 5.87. The van der Waals surface area contributed by atoms with Gasteiger partial charge < -0.3 is 0 Å². The monoisotopic (exact) mass is 168 g/mol. The number of Topliss-reactive ketones (excluding diaryl/α,β-unsaturated/α-hetero) is 1. The van der Waals surface area contributed by atoms with Crippen LogP contribution in [0.5, 0.6) is 0 Å². The van der Waals surface area contributed by atoms with Gasteiger partial charge in [0.2, 0.25) is 0 Å². The highest BCUT2D eigenvalue weighted by Gasteiger charge is 2.44. The van der Waals surface area contributed by atoms with Crippen LogP contribution in [-0.2, 0) is 4.79 Å². The van der Waals surface area contributed by atoms with Crippen LogP contribution >= 0.6 is 0 Å². The summed E-state index contributed by atoms with van der Waals surface area (Å²) in [6.07, 6.45) is 5.46. The Morgan fingerprint density at radius 3 is 2.50 bits per heavy atom. The predicted molar refractivity (Wildman–Crippen MR) is 51.0 cm³/mol. The van der Waals surface area contributed by atoms with Crippen LogP contribution in [0.25, 0.3) is 0 Å². The van der Waals surface area contributed by atoms with Crippen molar-refractivity contribution in [2.75, 3.05) is 0 Å². The van der Waals surface area contributed by atoms with Crippen LogP contribution in [0.1, 0.15) is 52.9 Å². The van der Waals surface area contributed by atoms with Crippen molar-refractivity contribution in [2.24, 2.45) is 11.3 Å². The number of hydrogen-bond donors (Lipinski definition) is 0. The SMILES string of the molecule is CCCC(C)CC(=O)C1(C)CC1. The Bertz CT molecular complexity index is 168. The van der Waals surface area contributed by atoms with E-state index >= 15 is 0 Å². The maximum Gasteiger partial charge on any atom is 0.139 e. The second-order valence-electron chi connectivity index (χ2n) is 4.58. The number of rotatable bonds is 5. The smallest absolute Gasteiger partial charge is 0.139 e. The summed E-state index contributed by atoms with van der Waals surface area (Å²) < 4.78 is 0. The van der Waals surface area contributed by atoms with Crippen LogP contribution < -0.4 is 0 Å². The Morgan fingerprint density at radius 1 is 1.50 bits per heavy atom. The number of carbonyl (C=O) groups excluding carboxylic acids is 1. The minimum absolute atomic E-state index is 0.0992. The van der Waals surface area contributed by atoms with Gasteiger partial charge in [-0.25, -0.2) is 0 Å². The summed E-state index contributed by atoms with van der Waals surface area (Å²) in [6, 6.07) is 0. The second-order valence-corrected chi connectivity index (χ2v) is 4.58. The third-order valence-corrected chi connectivity index (χ3v) is 2.99. The van der Waals surface area contributed by atoms with Crippen LogP contribution in [-0.4, -0.2) is 5.78 Å². The van der Waals surface area contributed by atoms with E-state index in [1.54, 1.807) is 0 Å². The Morgan fingerprint density at radius 2 is 2.08 bits per heavy atom. The van der Waals surface area contributed by atoms with E-state index in [1.807, 2.05) is 0 Å². The summed E-state index contributed by atoms with van der Waals surface area (Å²) in [5.41, 5.74) is 0.0992. The van der Waals surface area contributed by atoms with Gasteiger partial charge in [0.15, 0.2) is 0 Å². The molecule has 1 nitrogen and oxygen atoms in total. The Hall–Kier alpha value is -0.330. The first kappa shape index (κ1) is 9.76. The average molecular weight is 168 g/mol. The average Bonchev–Trinajstić information content (AvgIpc) is 2.69. The van der Waals surface area contributed by atoms with Crippen LogP contribution in [0.2, 0.25) is 0 Å². The van der Waals surface area contributed by atoms with E-state index in [0.29, 0.717) is 11.7 Å². The largest absolute Gasteiger partial charge is 0.299 e. The van der Waals surface area contributed by atoms with Crippen LogP contribution in [0.3, 0.4) is 0 Å². The molecule has 12 heavy (non-hydrogen) atoms. The van der Waals surface area contributed by atoms with E-state index < -0.39 is 0 Å². The van der Waals surface area contributed by atoms with Crippen molar-refractivity contribution in [1.82, 2.24) is 0 Å². The van der Waals surface area contributed by atoms with Crippen molar-refractivity contribution < 1.29 is 4.79 Å². The van der Waals surface area contributed by atoms with Gasteiger partial charge in [0.25, 0.3) is 0 Å². The summed E-state index contributed by atoms with van der Waals surface area (Å²) in [7, 11) is 0. The molecule has 0 bridgehead atoms. The first-order chi connectivity index (χ1) is 5.58. The molecule has 1 rings (SSSR count). The Kier molecular flexibility index (Phi) is 2.92. The molecule has 0 amide bonds. The fourth-order valence-corrected chi connectivity index (χ4v) is 1.62. The van der Waals surface area contributed by atoms with Crippen molar-refractivity contribution in [3.05, 3.63) is 0 Å². The molecule has 1 atom stereocenters. The van der Waals surface area contributed by atoms with Crippen molar-refractivity contribution in [3.8, 4) is 0 Å². The van der Waals surface area contributed by atoms with Crippen molar-refractivity contribution in [3.63, 3.8) is 0 Å². The van der Waals surface area contributed by atoms with E-state index in [2.05, 4.69) is 20.8 Å². The molecule has 0 aromatic carbocycles. The standard InChI is InChI=1S/C11H20O/c1-4-5-9(2)8-10(12)11(3)6-7-11/h9H,4-8H2,1-3H3. The van der Waals surface area contributed by atoms with Gasteiger partial charge in [0.05, 0.1) is 0 Å². The topological polar surface area (TPSA) is 17.1 Å². The summed E-state index contributed by atoms with van der Waals surface area (Å²) in [6.45, 7) is 6.47. The van der Waals surface area contributed by atoms with Gasteiger partial charge >= 0.3 is 0 Å². The van der Waals surface area contributed by atoms with E-state index in [1.165, 1.54) is 12.8 Å². The normalized spacial score (nSPS) is 21.9. The zero-order valence-corrected chi connectivity index (χ0v) is 8.52. The molecule has 0 radical (unpaired) electrons. The lowest BCUT2D eigenvalue weighted by atomic mass is 9.92. The number of ketones is 1. The predicted octanol–water partition coefficient (Wildman–Crippen LogP) is 3.18.